The van der Waals surface area contributed by atoms with E-state index in [-0.39, 0.29) is 30.6 Å². The van der Waals surface area contributed by atoms with E-state index < -0.39 is 0 Å². The van der Waals surface area contributed by atoms with Crippen molar-refractivity contribution >= 4 is 17.4 Å². The fourth-order valence-corrected chi connectivity index (χ4v) is 5.85. The van der Waals surface area contributed by atoms with E-state index in [4.69, 9.17) is 10.5 Å². The smallest absolute Gasteiger partial charge is 0.228 e. The van der Waals surface area contributed by atoms with Gasteiger partial charge < -0.3 is 25.8 Å². The lowest BCUT2D eigenvalue weighted by atomic mass is 9.73. The van der Waals surface area contributed by atoms with Gasteiger partial charge in [0, 0.05) is 30.9 Å². The fourth-order valence-electron chi connectivity index (χ4n) is 5.85. The van der Waals surface area contributed by atoms with Gasteiger partial charge in [-0.05, 0) is 53.4 Å². The van der Waals surface area contributed by atoms with E-state index in [2.05, 4.69) is 56.3 Å². The van der Waals surface area contributed by atoms with E-state index in [0.717, 1.165) is 43.6 Å². The molecular weight excluding hydrogens is 466 g/mol. The highest BCUT2D eigenvalue weighted by Crippen LogP contribution is 2.51. The molecule has 8 nitrogen and oxygen atoms in total. The first kappa shape index (κ1) is 23.5. The number of ether oxygens (including phenoxy) is 1. The molecule has 1 spiro atoms. The average molecular weight is 496 g/mol. The van der Waals surface area contributed by atoms with Crippen LogP contribution >= 0.6 is 0 Å². The summed E-state index contributed by atoms with van der Waals surface area (Å²) in [5, 5.41) is 12.8. The minimum atomic E-state index is -0.207. The Hall–Kier alpha value is -3.93. The molecule has 1 unspecified atom stereocenters. The maximum absolute atomic E-state index is 11.5. The molecule has 1 aromatic heterocycles. The Labute approximate surface area is 215 Å². The molecule has 1 amide bonds. The van der Waals surface area contributed by atoms with Crippen molar-refractivity contribution in [2.75, 3.05) is 29.9 Å². The first-order chi connectivity index (χ1) is 18.0. The van der Waals surface area contributed by atoms with Crippen LogP contribution in [-0.2, 0) is 24.2 Å². The molecule has 2 aliphatic heterocycles. The molecule has 0 radical (unpaired) electrons. The molecule has 1 fully saturated rings. The zero-order chi connectivity index (χ0) is 25.4. The monoisotopic (exact) mass is 495 g/mol. The molecule has 0 saturated carbocycles. The number of aliphatic hydroxyl groups is 1. The lowest BCUT2D eigenvalue weighted by molar-refractivity contribution is -0.115. The Balaban J connectivity index is 1.09. The average Bonchev–Trinajstić information content (AvgIpc) is 3.43. The van der Waals surface area contributed by atoms with Crippen molar-refractivity contribution in [3.8, 4) is 17.6 Å². The first-order valence-electron chi connectivity index (χ1n) is 12.6. The topological polar surface area (TPSA) is 114 Å². The van der Waals surface area contributed by atoms with Crippen molar-refractivity contribution in [1.29, 1.82) is 0 Å². The minimum absolute atomic E-state index is 0.00890. The summed E-state index contributed by atoms with van der Waals surface area (Å²) in [7, 11) is 0. The Morgan fingerprint density at radius 3 is 2.84 bits per heavy atom. The van der Waals surface area contributed by atoms with Crippen LogP contribution in [-0.4, -0.2) is 40.7 Å². The van der Waals surface area contributed by atoms with Gasteiger partial charge in [-0.3, -0.25) is 4.79 Å². The summed E-state index contributed by atoms with van der Waals surface area (Å²) in [5.41, 5.74) is 12.2. The van der Waals surface area contributed by atoms with E-state index >= 15 is 0 Å². The van der Waals surface area contributed by atoms with E-state index in [1.807, 2.05) is 12.1 Å². The Morgan fingerprint density at radius 1 is 1.19 bits per heavy atom. The lowest BCUT2D eigenvalue weighted by Crippen LogP contribution is -2.45. The number of aliphatic hydroxyl groups excluding tert-OH is 1. The van der Waals surface area contributed by atoms with Gasteiger partial charge in [0.2, 0.25) is 5.91 Å². The molecule has 37 heavy (non-hydrogen) atoms. The maximum Gasteiger partial charge on any atom is 0.228 e. The summed E-state index contributed by atoms with van der Waals surface area (Å²) in [5.74, 6) is 7.26. The summed E-state index contributed by atoms with van der Waals surface area (Å²) in [4.78, 5) is 22.9. The second-order valence-corrected chi connectivity index (χ2v) is 10.0. The Kier molecular flexibility index (Phi) is 6.03. The number of hydrogen-bond acceptors (Lipinski definition) is 7. The Bertz CT molecular complexity index is 1420. The predicted molar refractivity (Wildman–Crippen MR) is 140 cm³/mol. The summed E-state index contributed by atoms with van der Waals surface area (Å²) in [6, 6.07) is 14.1. The first-order valence-corrected chi connectivity index (χ1v) is 12.6. The van der Waals surface area contributed by atoms with E-state index in [0.29, 0.717) is 29.4 Å². The van der Waals surface area contributed by atoms with Crippen LogP contribution in [0.5, 0.6) is 5.75 Å². The number of amides is 1. The summed E-state index contributed by atoms with van der Waals surface area (Å²) in [6.07, 6.45) is 5.01. The normalized spacial score (nSPS) is 19.1. The molecule has 0 bridgehead atoms. The third kappa shape index (κ3) is 4.41. The Morgan fingerprint density at radius 2 is 2.03 bits per heavy atom. The minimum Gasteiger partial charge on any atom is -0.481 e. The number of nitrogens with one attached hydrogen (secondary N) is 1. The van der Waals surface area contributed by atoms with Crippen LogP contribution in [0, 0.1) is 17.3 Å². The molecule has 1 atom stereocenters. The van der Waals surface area contributed by atoms with Crippen molar-refractivity contribution in [3.63, 3.8) is 0 Å². The number of nitrogens with two attached hydrogens (primary N) is 1. The molecule has 6 rings (SSSR count). The maximum atomic E-state index is 11.5. The van der Waals surface area contributed by atoms with Crippen LogP contribution in [0.25, 0.3) is 0 Å². The van der Waals surface area contributed by atoms with E-state index in [1.165, 1.54) is 11.1 Å². The van der Waals surface area contributed by atoms with Crippen LogP contribution in [0.3, 0.4) is 0 Å². The van der Waals surface area contributed by atoms with Crippen molar-refractivity contribution in [2.24, 2.45) is 11.1 Å². The number of rotatable bonds is 4. The molecule has 188 valence electrons. The standard InChI is InChI=1S/C29H29N5O3/c30-27-23-6-2-1-4-20(23)16-29(27)9-11-34(12-10-29)28-25(18-35)32-21(17-31-28)5-3-13-37-22-8-7-19-14-26(36)33-24(19)15-22/h1-2,4,6-8,15,17,27,35H,9-14,16,18,30H2,(H,33,36). The van der Waals surface area contributed by atoms with Gasteiger partial charge in [-0.25, -0.2) is 9.97 Å². The second-order valence-electron chi connectivity index (χ2n) is 10.0. The van der Waals surface area contributed by atoms with Crippen LogP contribution in [0.15, 0.2) is 48.7 Å². The molecule has 3 aliphatic rings. The van der Waals surface area contributed by atoms with Gasteiger partial charge in [-0.15, -0.1) is 0 Å². The predicted octanol–water partition coefficient (Wildman–Crippen LogP) is 2.74. The molecule has 3 heterocycles. The third-order valence-corrected chi connectivity index (χ3v) is 7.86. The van der Waals surface area contributed by atoms with Gasteiger partial charge in [0.05, 0.1) is 19.2 Å². The number of fused-ring (bicyclic) bond motifs is 2. The molecule has 2 aromatic carbocycles. The number of aromatic nitrogens is 2. The number of carbonyl (C=O) groups excluding carboxylic acids is 1. The number of piperidine rings is 1. The fraction of sp³-hybridized carbons (Fsp3) is 0.345. The molecule has 8 heteroatoms. The van der Waals surface area contributed by atoms with E-state index in [1.54, 1.807) is 12.3 Å². The van der Waals surface area contributed by atoms with Crippen LogP contribution in [0.1, 0.15) is 47.0 Å². The number of anilines is 2. The molecule has 3 aromatic rings. The van der Waals surface area contributed by atoms with Crippen LogP contribution < -0.4 is 20.7 Å². The summed E-state index contributed by atoms with van der Waals surface area (Å²) >= 11 is 0. The number of hydrogen-bond donors (Lipinski definition) is 3. The quantitative estimate of drug-likeness (QED) is 0.477. The van der Waals surface area contributed by atoms with Crippen molar-refractivity contribution in [3.05, 3.63) is 76.7 Å². The zero-order valence-corrected chi connectivity index (χ0v) is 20.5. The largest absolute Gasteiger partial charge is 0.481 e. The number of carbonyl (C=O) groups is 1. The molecule has 1 aliphatic carbocycles. The second kappa shape index (κ2) is 9.51. The SMILES string of the molecule is NC1c2ccccc2CC12CCN(c1ncc(C#CCOc3ccc4c(c3)NC(=O)C4)nc1CO)CC2. The third-order valence-electron chi connectivity index (χ3n) is 7.86. The zero-order valence-electron chi connectivity index (χ0n) is 20.5. The van der Waals surface area contributed by atoms with Crippen molar-refractivity contribution in [1.82, 2.24) is 9.97 Å². The van der Waals surface area contributed by atoms with Crippen LogP contribution in [0.4, 0.5) is 11.5 Å². The van der Waals surface area contributed by atoms with Gasteiger partial charge in [0.15, 0.2) is 5.82 Å². The lowest BCUT2D eigenvalue weighted by Gasteiger charge is -2.42. The van der Waals surface area contributed by atoms with Gasteiger partial charge in [-0.2, -0.15) is 0 Å². The van der Waals surface area contributed by atoms with Crippen molar-refractivity contribution < 1.29 is 14.6 Å². The van der Waals surface area contributed by atoms with E-state index in [9.17, 15) is 9.90 Å². The highest BCUT2D eigenvalue weighted by Gasteiger charge is 2.46. The highest BCUT2D eigenvalue weighted by molar-refractivity contribution is 5.99. The van der Waals surface area contributed by atoms with Gasteiger partial charge in [-0.1, -0.05) is 36.3 Å². The highest BCUT2D eigenvalue weighted by atomic mass is 16.5. The van der Waals surface area contributed by atoms with Crippen molar-refractivity contribution in [2.45, 2.75) is 38.3 Å². The molecular formula is C29H29N5O3. The summed E-state index contributed by atoms with van der Waals surface area (Å²) in [6.45, 7) is 1.61. The number of nitrogens with zero attached hydrogens (tertiary/aromatic N) is 3. The number of benzene rings is 2. The van der Waals surface area contributed by atoms with Gasteiger partial charge in [0.1, 0.15) is 23.7 Å². The molecule has 4 N–H and O–H groups in total. The molecule has 1 saturated heterocycles. The van der Waals surface area contributed by atoms with Gasteiger partial charge in [0.25, 0.3) is 0 Å². The van der Waals surface area contributed by atoms with Crippen LogP contribution in [0.2, 0.25) is 0 Å². The summed E-state index contributed by atoms with van der Waals surface area (Å²) < 4.78 is 5.70. The van der Waals surface area contributed by atoms with Gasteiger partial charge >= 0.3 is 0 Å².